The Balaban J connectivity index is 1.85. The molecule has 2 aromatic carbocycles. The third-order valence-corrected chi connectivity index (χ3v) is 3.07. The molecule has 0 bridgehead atoms. The SMILES string of the molecule is O=c1[nH]c2ccccc2nc1N/N=C/c1cccc(Cl)c1. The molecule has 1 heterocycles. The van der Waals surface area contributed by atoms with Crippen molar-refractivity contribution in [3.63, 3.8) is 0 Å². The van der Waals surface area contributed by atoms with E-state index in [4.69, 9.17) is 11.6 Å². The second kappa shape index (κ2) is 5.76. The number of para-hydroxylation sites is 2. The number of hydrogen-bond acceptors (Lipinski definition) is 4. The number of nitrogens with one attached hydrogen (secondary N) is 2. The third kappa shape index (κ3) is 3.09. The molecular weight excluding hydrogens is 288 g/mol. The summed E-state index contributed by atoms with van der Waals surface area (Å²) < 4.78 is 0. The van der Waals surface area contributed by atoms with Crippen LogP contribution in [0.2, 0.25) is 5.02 Å². The maximum Gasteiger partial charge on any atom is 0.293 e. The molecule has 3 rings (SSSR count). The molecule has 0 fully saturated rings. The predicted octanol–water partition coefficient (Wildman–Crippen LogP) is 3.02. The van der Waals surface area contributed by atoms with Gasteiger partial charge < -0.3 is 4.98 Å². The summed E-state index contributed by atoms with van der Waals surface area (Å²) in [6, 6.07) is 14.5. The zero-order chi connectivity index (χ0) is 14.7. The lowest BCUT2D eigenvalue weighted by Gasteiger charge is -2.01. The van der Waals surface area contributed by atoms with Gasteiger partial charge in [0.1, 0.15) is 0 Å². The van der Waals surface area contributed by atoms with Crippen LogP contribution in [0.3, 0.4) is 0 Å². The molecule has 21 heavy (non-hydrogen) atoms. The highest BCUT2D eigenvalue weighted by Crippen LogP contribution is 2.10. The Hall–Kier alpha value is -2.66. The maximum absolute atomic E-state index is 11.9. The van der Waals surface area contributed by atoms with Gasteiger partial charge in [0.2, 0.25) is 5.82 Å². The number of hydrazone groups is 1. The lowest BCUT2D eigenvalue weighted by molar-refractivity contribution is 1.17. The fourth-order valence-electron chi connectivity index (χ4n) is 1.86. The summed E-state index contributed by atoms with van der Waals surface area (Å²) in [5, 5.41) is 4.63. The van der Waals surface area contributed by atoms with Crippen molar-refractivity contribution in [2.45, 2.75) is 0 Å². The second-order valence-corrected chi connectivity index (χ2v) is 4.79. The fourth-order valence-corrected chi connectivity index (χ4v) is 2.06. The molecule has 0 saturated heterocycles. The van der Waals surface area contributed by atoms with Gasteiger partial charge in [-0.15, -0.1) is 0 Å². The van der Waals surface area contributed by atoms with Crippen molar-refractivity contribution in [3.05, 3.63) is 69.5 Å². The zero-order valence-electron chi connectivity index (χ0n) is 10.9. The van der Waals surface area contributed by atoms with Gasteiger partial charge in [0.05, 0.1) is 17.2 Å². The number of H-pyrrole nitrogens is 1. The molecule has 104 valence electrons. The van der Waals surface area contributed by atoms with Gasteiger partial charge in [-0.1, -0.05) is 35.9 Å². The Kier molecular flexibility index (Phi) is 3.66. The van der Waals surface area contributed by atoms with Gasteiger partial charge in [-0.2, -0.15) is 5.10 Å². The van der Waals surface area contributed by atoms with Crippen LogP contribution in [0.5, 0.6) is 0 Å². The van der Waals surface area contributed by atoms with Crippen molar-refractivity contribution in [1.82, 2.24) is 9.97 Å². The van der Waals surface area contributed by atoms with E-state index in [0.29, 0.717) is 16.1 Å². The van der Waals surface area contributed by atoms with Crippen molar-refractivity contribution in [3.8, 4) is 0 Å². The number of anilines is 1. The monoisotopic (exact) mass is 298 g/mol. The molecule has 5 nitrogen and oxygen atoms in total. The molecule has 0 aliphatic carbocycles. The van der Waals surface area contributed by atoms with Gasteiger partial charge in [-0.3, -0.25) is 10.2 Å². The van der Waals surface area contributed by atoms with Crippen molar-refractivity contribution < 1.29 is 0 Å². The van der Waals surface area contributed by atoms with Gasteiger partial charge >= 0.3 is 0 Å². The molecule has 0 unspecified atom stereocenters. The van der Waals surface area contributed by atoms with Crippen molar-refractivity contribution >= 4 is 34.7 Å². The average Bonchev–Trinajstić information content (AvgIpc) is 2.48. The molecule has 3 aromatic rings. The van der Waals surface area contributed by atoms with Gasteiger partial charge in [0.15, 0.2) is 0 Å². The van der Waals surface area contributed by atoms with Crippen LogP contribution < -0.4 is 11.0 Å². The van der Waals surface area contributed by atoms with Crippen LogP contribution in [0.25, 0.3) is 11.0 Å². The van der Waals surface area contributed by atoms with Crippen LogP contribution in [0.4, 0.5) is 5.82 Å². The number of nitrogens with zero attached hydrogens (tertiary/aromatic N) is 2. The Morgan fingerprint density at radius 2 is 2.05 bits per heavy atom. The molecule has 0 spiro atoms. The lowest BCUT2D eigenvalue weighted by atomic mass is 10.2. The van der Waals surface area contributed by atoms with Crippen LogP contribution in [-0.4, -0.2) is 16.2 Å². The van der Waals surface area contributed by atoms with Gasteiger partial charge in [-0.25, -0.2) is 4.98 Å². The second-order valence-electron chi connectivity index (χ2n) is 4.36. The van der Waals surface area contributed by atoms with E-state index in [-0.39, 0.29) is 11.4 Å². The van der Waals surface area contributed by atoms with E-state index < -0.39 is 0 Å². The largest absolute Gasteiger partial charge is 0.317 e. The molecular formula is C15H11ClN4O. The van der Waals surface area contributed by atoms with Crippen molar-refractivity contribution in [2.75, 3.05) is 5.43 Å². The van der Waals surface area contributed by atoms with E-state index in [0.717, 1.165) is 5.56 Å². The Morgan fingerprint density at radius 3 is 2.90 bits per heavy atom. The van der Waals surface area contributed by atoms with Crippen molar-refractivity contribution in [1.29, 1.82) is 0 Å². The summed E-state index contributed by atoms with van der Waals surface area (Å²) in [5.74, 6) is 0.145. The van der Waals surface area contributed by atoms with Crippen LogP contribution >= 0.6 is 11.6 Å². The number of hydrogen-bond donors (Lipinski definition) is 2. The standard InChI is InChI=1S/C15H11ClN4O/c16-11-5-3-4-10(8-11)9-17-20-14-15(21)19-13-7-2-1-6-12(13)18-14/h1-9H,(H,18,20)(H,19,21)/b17-9+. The smallest absolute Gasteiger partial charge is 0.293 e. The minimum atomic E-state index is -0.322. The Labute approximate surface area is 125 Å². The molecule has 1 aromatic heterocycles. The lowest BCUT2D eigenvalue weighted by Crippen LogP contribution is -2.13. The normalized spacial score (nSPS) is 11.1. The zero-order valence-corrected chi connectivity index (χ0v) is 11.6. The number of aromatic nitrogens is 2. The Morgan fingerprint density at radius 1 is 1.19 bits per heavy atom. The summed E-state index contributed by atoms with van der Waals surface area (Å²) in [5.41, 5.74) is 4.53. The quantitative estimate of drug-likeness (QED) is 0.577. The van der Waals surface area contributed by atoms with Gasteiger partial charge in [0, 0.05) is 5.02 Å². The highest BCUT2D eigenvalue weighted by atomic mass is 35.5. The van der Waals surface area contributed by atoms with E-state index in [1.54, 1.807) is 24.4 Å². The average molecular weight is 299 g/mol. The number of halogens is 1. The van der Waals surface area contributed by atoms with E-state index in [9.17, 15) is 4.79 Å². The topological polar surface area (TPSA) is 70.1 Å². The van der Waals surface area contributed by atoms with Gasteiger partial charge in [-0.05, 0) is 29.8 Å². The third-order valence-electron chi connectivity index (χ3n) is 2.83. The van der Waals surface area contributed by atoms with E-state index >= 15 is 0 Å². The van der Waals surface area contributed by atoms with E-state index in [1.165, 1.54) is 0 Å². The van der Waals surface area contributed by atoms with Crippen LogP contribution in [-0.2, 0) is 0 Å². The summed E-state index contributed by atoms with van der Waals surface area (Å²) >= 11 is 5.88. The molecule has 0 aliphatic heterocycles. The molecule has 0 radical (unpaired) electrons. The predicted molar refractivity (Wildman–Crippen MR) is 85.0 cm³/mol. The molecule has 2 N–H and O–H groups in total. The summed E-state index contributed by atoms with van der Waals surface area (Å²) in [6.45, 7) is 0. The number of benzene rings is 2. The minimum absolute atomic E-state index is 0.145. The minimum Gasteiger partial charge on any atom is -0.317 e. The summed E-state index contributed by atoms with van der Waals surface area (Å²) in [7, 11) is 0. The first kappa shape index (κ1) is 13.3. The Bertz CT molecular complexity index is 873. The first-order valence-corrected chi connectivity index (χ1v) is 6.64. The van der Waals surface area contributed by atoms with E-state index in [2.05, 4.69) is 20.5 Å². The summed E-state index contributed by atoms with van der Waals surface area (Å²) in [6.07, 6.45) is 1.57. The molecule has 0 atom stereocenters. The highest BCUT2D eigenvalue weighted by molar-refractivity contribution is 6.30. The van der Waals surface area contributed by atoms with Crippen LogP contribution in [0, 0.1) is 0 Å². The first-order chi connectivity index (χ1) is 10.2. The maximum atomic E-state index is 11.9. The first-order valence-electron chi connectivity index (χ1n) is 6.26. The number of aromatic amines is 1. The van der Waals surface area contributed by atoms with Gasteiger partial charge in [0.25, 0.3) is 5.56 Å². The molecule has 6 heteroatoms. The number of rotatable bonds is 3. The molecule has 0 saturated carbocycles. The van der Waals surface area contributed by atoms with E-state index in [1.807, 2.05) is 30.3 Å². The summed E-state index contributed by atoms with van der Waals surface area (Å²) in [4.78, 5) is 18.8. The van der Waals surface area contributed by atoms with Crippen LogP contribution in [0.15, 0.2) is 58.4 Å². The fraction of sp³-hybridized carbons (Fsp3) is 0. The molecule has 0 aliphatic rings. The van der Waals surface area contributed by atoms with Crippen molar-refractivity contribution in [2.24, 2.45) is 5.10 Å². The molecule has 0 amide bonds. The highest BCUT2D eigenvalue weighted by Gasteiger charge is 2.02. The van der Waals surface area contributed by atoms with Crippen LogP contribution in [0.1, 0.15) is 5.56 Å². The number of fused-ring (bicyclic) bond motifs is 1.